The predicted molar refractivity (Wildman–Crippen MR) is 64.0 cm³/mol. The van der Waals surface area contributed by atoms with Gasteiger partial charge in [0.1, 0.15) is 0 Å². The average Bonchev–Trinajstić information content (AvgIpc) is 2.77. The van der Waals surface area contributed by atoms with Crippen LogP contribution >= 0.6 is 0 Å². The van der Waals surface area contributed by atoms with E-state index in [2.05, 4.69) is 15.4 Å². The molecule has 2 rings (SSSR count). The van der Waals surface area contributed by atoms with Gasteiger partial charge in [-0.25, -0.2) is 0 Å². The van der Waals surface area contributed by atoms with Gasteiger partial charge in [0, 0.05) is 31.7 Å². The highest BCUT2D eigenvalue weighted by molar-refractivity contribution is 5.51. The first-order valence-corrected chi connectivity index (χ1v) is 5.26. The number of aryl methyl sites for hydroxylation is 1. The van der Waals surface area contributed by atoms with Crippen molar-refractivity contribution < 1.29 is 0 Å². The Bertz CT molecular complexity index is 424. The Morgan fingerprint density at radius 3 is 3.06 bits per heavy atom. The van der Waals surface area contributed by atoms with E-state index in [0.29, 0.717) is 5.69 Å². The van der Waals surface area contributed by atoms with Gasteiger partial charge < -0.3 is 11.1 Å². The van der Waals surface area contributed by atoms with Crippen LogP contribution in [0.15, 0.2) is 36.9 Å². The number of nitrogens with one attached hydrogen (secondary N) is 1. The maximum absolute atomic E-state index is 5.62. The van der Waals surface area contributed by atoms with Crippen LogP contribution in [0.1, 0.15) is 6.42 Å². The maximum atomic E-state index is 5.62. The largest absolute Gasteiger partial charge is 0.397 e. The molecular weight excluding hydrogens is 202 g/mol. The van der Waals surface area contributed by atoms with E-state index in [1.165, 1.54) is 0 Å². The van der Waals surface area contributed by atoms with Gasteiger partial charge in [0.05, 0.1) is 17.6 Å². The Morgan fingerprint density at radius 2 is 2.31 bits per heavy atom. The highest BCUT2D eigenvalue weighted by Gasteiger charge is 1.94. The molecule has 2 heterocycles. The van der Waals surface area contributed by atoms with Crippen molar-refractivity contribution in [3.8, 4) is 0 Å². The minimum absolute atomic E-state index is 0.678. The fourth-order valence-corrected chi connectivity index (χ4v) is 1.46. The molecule has 2 aromatic heterocycles. The van der Waals surface area contributed by atoms with Crippen LogP contribution in [0.5, 0.6) is 0 Å². The van der Waals surface area contributed by atoms with Crippen LogP contribution in [0.2, 0.25) is 0 Å². The van der Waals surface area contributed by atoms with Crippen LogP contribution in [-0.4, -0.2) is 21.3 Å². The molecule has 0 unspecified atom stereocenters. The second-order valence-electron chi connectivity index (χ2n) is 3.56. The summed E-state index contributed by atoms with van der Waals surface area (Å²) in [5.41, 5.74) is 7.26. The molecule has 0 amide bonds. The molecule has 0 atom stereocenters. The molecule has 0 spiro atoms. The first-order valence-electron chi connectivity index (χ1n) is 5.26. The molecule has 0 aromatic carbocycles. The summed E-state index contributed by atoms with van der Waals surface area (Å²) in [6, 6.07) is 3.80. The van der Waals surface area contributed by atoms with E-state index in [1.54, 1.807) is 18.6 Å². The van der Waals surface area contributed by atoms with E-state index >= 15 is 0 Å². The Balaban J connectivity index is 1.72. The number of rotatable bonds is 5. The van der Waals surface area contributed by atoms with Crippen molar-refractivity contribution in [2.75, 3.05) is 17.6 Å². The van der Waals surface area contributed by atoms with Crippen molar-refractivity contribution in [1.82, 2.24) is 14.8 Å². The van der Waals surface area contributed by atoms with Crippen molar-refractivity contribution in [2.24, 2.45) is 0 Å². The van der Waals surface area contributed by atoms with Gasteiger partial charge in [-0.2, -0.15) is 5.10 Å². The van der Waals surface area contributed by atoms with Gasteiger partial charge in [-0.15, -0.1) is 0 Å². The van der Waals surface area contributed by atoms with E-state index in [1.807, 2.05) is 23.0 Å². The van der Waals surface area contributed by atoms with E-state index in [4.69, 9.17) is 5.73 Å². The lowest BCUT2D eigenvalue weighted by atomic mass is 10.3. The summed E-state index contributed by atoms with van der Waals surface area (Å²) in [4.78, 5) is 4.01. The lowest BCUT2D eigenvalue weighted by molar-refractivity contribution is 0.592. The zero-order chi connectivity index (χ0) is 11.2. The molecule has 0 bridgehead atoms. The number of anilines is 2. The molecule has 16 heavy (non-hydrogen) atoms. The Kier molecular flexibility index (Phi) is 3.38. The third-order valence-corrected chi connectivity index (χ3v) is 2.21. The third kappa shape index (κ3) is 2.98. The molecule has 0 saturated heterocycles. The predicted octanol–water partition coefficient (Wildman–Crippen LogP) is 1.36. The van der Waals surface area contributed by atoms with Gasteiger partial charge in [-0.05, 0) is 18.6 Å². The van der Waals surface area contributed by atoms with Crippen LogP contribution < -0.4 is 11.1 Å². The molecule has 0 radical (unpaired) electrons. The van der Waals surface area contributed by atoms with Crippen molar-refractivity contribution in [3.63, 3.8) is 0 Å². The minimum Gasteiger partial charge on any atom is -0.397 e. The molecule has 0 saturated carbocycles. The molecule has 0 aliphatic carbocycles. The zero-order valence-corrected chi connectivity index (χ0v) is 9.00. The lowest BCUT2D eigenvalue weighted by Gasteiger charge is -2.06. The van der Waals surface area contributed by atoms with Gasteiger partial charge in [0.25, 0.3) is 0 Å². The van der Waals surface area contributed by atoms with Crippen LogP contribution in [0.4, 0.5) is 11.4 Å². The average molecular weight is 217 g/mol. The maximum Gasteiger partial charge on any atom is 0.0547 e. The van der Waals surface area contributed by atoms with Crippen LogP contribution in [0, 0.1) is 0 Å². The van der Waals surface area contributed by atoms with Gasteiger partial charge in [-0.3, -0.25) is 9.67 Å². The summed E-state index contributed by atoms with van der Waals surface area (Å²) in [5, 5.41) is 7.40. The Labute approximate surface area is 94.3 Å². The van der Waals surface area contributed by atoms with Crippen molar-refractivity contribution in [1.29, 1.82) is 0 Å². The smallest absolute Gasteiger partial charge is 0.0547 e. The first-order chi connectivity index (χ1) is 7.84. The monoisotopic (exact) mass is 217 g/mol. The number of hydrogen-bond donors (Lipinski definition) is 2. The number of aromatic nitrogens is 3. The van der Waals surface area contributed by atoms with Crippen molar-refractivity contribution in [3.05, 3.63) is 36.9 Å². The topological polar surface area (TPSA) is 68.8 Å². The summed E-state index contributed by atoms with van der Waals surface area (Å²) in [6.07, 6.45) is 8.16. The number of nitrogens with zero attached hydrogens (tertiary/aromatic N) is 3. The number of pyridine rings is 1. The Hall–Kier alpha value is -2.04. The van der Waals surface area contributed by atoms with Gasteiger partial charge in [-0.1, -0.05) is 0 Å². The molecule has 5 nitrogen and oxygen atoms in total. The molecule has 84 valence electrons. The van der Waals surface area contributed by atoms with E-state index in [9.17, 15) is 0 Å². The fourth-order valence-electron chi connectivity index (χ4n) is 1.46. The summed E-state index contributed by atoms with van der Waals surface area (Å²) in [7, 11) is 0. The molecular formula is C11H15N5. The molecule has 2 aromatic rings. The third-order valence-electron chi connectivity index (χ3n) is 2.21. The number of nitrogens with two attached hydrogens (primary N) is 1. The van der Waals surface area contributed by atoms with E-state index in [-0.39, 0.29) is 0 Å². The second-order valence-corrected chi connectivity index (χ2v) is 3.56. The van der Waals surface area contributed by atoms with Crippen molar-refractivity contribution >= 4 is 11.4 Å². The van der Waals surface area contributed by atoms with Gasteiger partial charge in [0.2, 0.25) is 0 Å². The summed E-state index contributed by atoms with van der Waals surface area (Å²) < 4.78 is 1.92. The lowest BCUT2D eigenvalue weighted by Crippen LogP contribution is -2.07. The second kappa shape index (κ2) is 5.16. The quantitative estimate of drug-likeness (QED) is 0.742. The molecule has 0 aliphatic heterocycles. The number of nitrogen functional groups attached to an aromatic ring is 1. The summed E-state index contributed by atoms with van der Waals surface area (Å²) in [6.45, 7) is 1.79. The van der Waals surface area contributed by atoms with Gasteiger partial charge in [0.15, 0.2) is 0 Å². The zero-order valence-electron chi connectivity index (χ0n) is 9.00. The van der Waals surface area contributed by atoms with E-state index < -0.39 is 0 Å². The highest BCUT2D eigenvalue weighted by atomic mass is 15.3. The minimum atomic E-state index is 0.678. The number of hydrogen-bond acceptors (Lipinski definition) is 4. The fraction of sp³-hybridized carbons (Fsp3) is 0.273. The molecule has 0 fully saturated rings. The normalized spacial score (nSPS) is 10.2. The SMILES string of the molecule is Nc1cncc(NCCCn2cccn2)c1. The molecule has 0 aliphatic rings. The van der Waals surface area contributed by atoms with Gasteiger partial charge >= 0.3 is 0 Å². The van der Waals surface area contributed by atoms with Crippen LogP contribution in [0.25, 0.3) is 0 Å². The summed E-state index contributed by atoms with van der Waals surface area (Å²) in [5.74, 6) is 0. The van der Waals surface area contributed by atoms with Crippen LogP contribution in [-0.2, 0) is 6.54 Å². The van der Waals surface area contributed by atoms with Crippen LogP contribution in [0.3, 0.4) is 0 Å². The molecule has 5 heteroatoms. The molecule has 3 N–H and O–H groups in total. The standard InChI is InChI=1S/C11H15N5/c12-10-7-11(9-13-8-10)14-3-1-5-16-6-2-4-15-16/h2,4,6-9,14H,1,3,5,12H2. The highest BCUT2D eigenvalue weighted by Crippen LogP contribution is 2.08. The van der Waals surface area contributed by atoms with E-state index in [0.717, 1.165) is 25.2 Å². The van der Waals surface area contributed by atoms with Crippen molar-refractivity contribution in [2.45, 2.75) is 13.0 Å². The summed E-state index contributed by atoms with van der Waals surface area (Å²) >= 11 is 0. The first kappa shape index (κ1) is 10.5. The Morgan fingerprint density at radius 1 is 1.38 bits per heavy atom.